The molecule has 0 spiro atoms. The molecule has 1 amide bonds. The first kappa shape index (κ1) is 26.3. The summed E-state index contributed by atoms with van der Waals surface area (Å²) in [6, 6.07) is 0.602. The van der Waals surface area contributed by atoms with E-state index in [4.69, 9.17) is 4.74 Å². The molecule has 0 bridgehead atoms. The van der Waals surface area contributed by atoms with Crippen LogP contribution in [0, 0.1) is 5.41 Å². The zero-order chi connectivity index (χ0) is 19.8. The summed E-state index contributed by atoms with van der Waals surface area (Å²) in [5.41, 5.74) is -0.0772. The van der Waals surface area contributed by atoms with E-state index in [0.29, 0.717) is 11.5 Å². The monoisotopic (exact) mass is 496 g/mol. The van der Waals surface area contributed by atoms with Gasteiger partial charge in [-0.3, -0.25) is 4.99 Å². The average Bonchev–Trinajstić information content (AvgIpc) is 2.49. The molecule has 0 aromatic carbocycles. The van der Waals surface area contributed by atoms with E-state index in [1.165, 1.54) is 6.42 Å². The second kappa shape index (κ2) is 12.0. The quantitative estimate of drug-likeness (QED) is 0.228. The highest BCUT2D eigenvalue weighted by Crippen LogP contribution is 2.20. The molecule has 1 aliphatic carbocycles. The first-order chi connectivity index (χ1) is 12.0. The van der Waals surface area contributed by atoms with Gasteiger partial charge in [0.05, 0.1) is 0 Å². The number of alkyl carbamates (subject to hydrolysis) is 1. The van der Waals surface area contributed by atoms with Gasteiger partial charge in [0.25, 0.3) is 0 Å². The summed E-state index contributed by atoms with van der Waals surface area (Å²) in [7, 11) is 1.81. The number of aliphatic imine (C=N–C) groups is 1. The van der Waals surface area contributed by atoms with E-state index in [2.05, 4.69) is 41.7 Å². The number of ether oxygens (including phenoxy) is 1. The number of nitrogens with one attached hydrogen (secondary N) is 3. The molecule has 0 radical (unpaired) electrons. The average molecular weight is 496 g/mol. The maximum atomic E-state index is 11.9. The van der Waals surface area contributed by atoms with Gasteiger partial charge in [-0.25, -0.2) is 4.79 Å². The standard InChI is InChI=1S/C20H40N4O2.HI/c1-19(2,3)13-8-14-22-17(21-7)23-15-9-11-16(12-10-15)24-18(25)26-20(4,5)6;/h15-16H,8-14H2,1-7H3,(H,24,25)(H2,21,22,23);1H. The third kappa shape index (κ3) is 13.1. The topological polar surface area (TPSA) is 74.8 Å². The highest BCUT2D eigenvalue weighted by molar-refractivity contribution is 14.0. The fraction of sp³-hybridized carbons (Fsp3) is 0.900. The van der Waals surface area contributed by atoms with Crippen LogP contribution in [0.3, 0.4) is 0 Å². The van der Waals surface area contributed by atoms with E-state index in [1.807, 2.05) is 27.8 Å². The maximum absolute atomic E-state index is 11.9. The lowest BCUT2D eigenvalue weighted by Crippen LogP contribution is -2.48. The van der Waals surface area contributed by atoms with Crippen LogP contribution in [0.25, 0.3) is 0 Å². The number of guanidine groups is 1. The Morgan fingerprint density at radius 2 is 1.52 bits per heavy atom. The van der Waals surface area contributed by atoms with Crippen LogP contribution in [0.1, 0.15) is 80.1 Å². The zero-order valence-electron chi connectivity index (χ0n) is 18.3. The minimum Gasteiger partial charge on any atom is -0.444 e. The van der Waals surface area contributed by atoms with E-state index >= 15 is 0 Å². The van der Waals surface area contributed by atoms with E-state index < -0.39 is 5.60 Å². The van der Waals surface area contributed by atoms with Crippen LogP contribution in [0.5, 0.6) is 0 Å². The van der Waals surface area contributed by atoms with Crippen molar-refractivity contribution in [3.63, 3.8) is 0 Å². The summed E-state index contributed by atoms with van der Waals surface area (Å²) >= 11 is 0. The fourth-order valence-electron chi connectivity index (χ4n) is 3.07. The second-order valence-corrected chi connectivity index (χ2v) is 9.50. The zero-order valence-corrected chi connectivity index (χ0v) is 20.6. The van der Waals surface area contributed by atoms with Crippen molar-refractivity contribution in [3.8, 4) is 0 Å². The SMILES string of the molecule is CN=C(NCCCC(C)(C)C)NC1CCC(NC(=O)OC(C)(C)C)CC1.I. The first-order valence-corrected chi connectivity index (χ1v) is 9.95. The molecule has 0 heterocycles. The molecule has 0 aromatic heterocycles. The van der Waals surface area contributed by atoms with Gasteiger partial charge in [-0.1, -0.05) is 20.8 Å². The van der Waals surface area contributed by atoms with Gasteiger partial charge in [-0.05, 0) is 64.7 Å². The Bertz CT molecular complexity index is 462. The summed E-state index contributed by atoms with van der Waals surface area (Å²) < 4.78 is 5.33. The fourth-order valence-corrected chi connectivity index (χ4v) is 3.07. The van der Waals surface area contributed by atoms with Crippen LogP contribution < -0.4 is 16.0 Å². The molecular weight excluding hydrogens is 455 g/mol. The number of carbonyl (C=O) groups is 1. The van der Waals surface area contributed by atoms with Crippen LogP contribution in [0.4, 0.5) is 4.79 Å². The lowest BCUT2D eigenvalue weighted by atomic mass is 9.90. The van der Waals surface area contributed by atoms with E-state index in [0.717, 1.165) is 44.6 Å². The molecule has 0 unspecified atom stereocenters. The Hall–Kier alpha value is -0.730. The smallest absolute Gasteiger partial charge is 0.407 e. The number of hydrogen-bond donors (Lipinski definition) is 3. The van der Waals surface area contributed by atoms with Crippen LogP contribution in [0.15, 0.2) is 4.99 Å². The van der Waals surface area contributed by atoms with Crippen LogP contribution in [0.2, 0.25) is 0 Å². The van der Waals surface area contributed by atoms with Gasteiger partial charge in [-0.2, -0.15) is 0 Å². The number of amides is 1. The van der Waals surface area contributed by atoms with Crippen molar-refractivity contribution in [3.05, 3.63) is 0 Å². The van der Waals surface area contributed by atoms with Gasteiger partial charge in [0.15, 0.2) is 5.96 Å². The summed E-state index contributed by atoms with van der Waals surface area (Å²) in [6.07, 6.45) is 5.96. The number of carbonyl (C=O) groups excluding carboxylic acids is 1. The Morgan fingerprint density at radius 3 is 1.96 bits per heavy atom. The lowest BCUT2D eigenvalue weighted by Gasteiger charge is -2.31. The molecule has 0 aromatic rings. The maximum Gasteiger partial charge on any atom is 0.407 e. The predicted molar refractivity (Wildman–Crippen MR) is 124 cm³/mol. The molecule has 0 aliphatic heterocycles. The summed E-state index contributed by atoms with van der Waals surface area (Å²) in [6.45, 7) is 13.4. The van der Waals surface area contributed by atoms with Crippen molar-refractivity contribution in [2.75, 3.05) is 13.6 Å². The molecule has 27 heavy (non-hydrogen) atoms. The van der Waals surface area contributed by atoms with Crippen molar-refractivity contribution in [1.82, 2.24) is 16.0 Å². The minimum atomic E-state index is -0.450. The van der Waals surface area contributed by atoms with Crippen molar-refractivity contribution >= 4 is 36.0 Å². The normalized spacial score (nSPS) is 21.1. The molecule has 160 valence electrons. The number of nitrogens with zero attached hydrogens (tertiary/aromatic N) is 1. The third-order valence-electron chi connectivity index (χ3n) is 4.41. The van der Waals surface area contributed by atoms with Gasteiger partial charge in [0.1, 0.15) is 5.60 Å². The molecule has 1 fully saturated rings. The van der Waals surface area contributed by atoms with Gasteiger partial charge in [-0.15, -0.1) is 24.0 Å². The van der Waals surface area contributed by atoms with Gasteiger partial charge >= 0.3 is 6.09 Å². The van der Waals surface area contributed by atoms with Crippen LogP contribution in [-0.2, 0) is 4.74 Å². The largest absolute Gasteiger partial charge is 0.444 e. The molecule has 7 heteroatoms. The third-order valence-corrected chi connectivity index (χ3v) is 4.41. The van der Waals surface area contributed by atoms with Gasteiger partial charge in [0, 0.05) is 25.7 Å². The number of halogens is 1. The second-order valence-electron chi connectivity index (χ2n) is 9.50. The summed E-state index contributed by atoms with van der Waals surface area (Å²) in [5, 5.41) is 9.90. The van der Waals surface area contributed by atoms with Crippen molar-refractivity contribution < 1.29 is 9.53 Å². The van der Waals surface area contributed by atoms with E-state index in [9.17, 15) is 4.79 Å². The number of hydrogen-bond acceptors (Lipinski definition) is 3. The van der Waals surface area contributed by atoms with Gasteiger partial charge in [0.2, 0.25) is 0 Å². The minimum absolute atomic E-state index is 0. The Morgan fingerprint density at radius 1 is 1.00 bits per heavy atom. The molecule has 1 rings (SSSR count). The van der Waals surface area contributed by atoms with Crippen LogP contribution >= 0.6 is 24.0 Å². The molecular formula is C20H41IN4O2. The Balaban J connectivity index is 0.00000676. The molecule has 1 saturated carbocycles. The Kier molecular flexibility index (Phi) is 11.6. The van der Waals surface area contributed by atoms with Crippen LogP contribution in [-0.4, -0.2) is 43.3 Å². The first-order valence-electron chi connectivity index (χ1n) is 9.95. The molecule has 0 atom stereocenters. The van der Waals surface area contributed by atoms with Crippen molar-refractivity contribution in [2.45, 2.75) is 97.8 Å². The van der Waals surface area contributed by atoms with Gasteiger partial charge < -0.3 is 20.7 Å². The van der Waals surface area contributed by atoms with Crippen molar-refractivity contribution in [2.24, 2.45) is 10.4 Å². The lowest BCUT2D eigenvalue weighted by molar-refractivity contribution is 0.0490. The molecule has 1 aliphatic rings. The summed E-state index contributed by atoms with van der Waals surface area (Å²) in [4.78, 5) is 16.2. The van der Waals surface area contributed by atoms with E-state index in [1.54, 1.807) is 0 Å². The molecule has 3 N–H and O–H groups in total. The highest BCUT2D eigenvalue weighted by atomic mass is 127. The molecule has 6 nitrogen and oxygen atoms in total. The van der Waals surface area contributed by atoms with E-state index in [-0.39, 0.29) is 36.1 Å². The number of rotatable bonds is 5. The molecule has 0 saturated heterocycles. The Labute approximate surface area is 183 Å². The summed E-state index contributed by atoms with van der Waals surface area (Å²) in [5.74, 6) is 0.877. The highest BCUT2D eigenvalue weighted by Gasteiger charge is 2.25. The van der Waals surface area contributed by atoms with Crippen molar-refractivity contribution in [1.29, 1.82) is 0 Å². The predicted octanol–water partition coefficient (Wildman–Crippen LogP) is 4.43.